The fourth-order valence-electron chi connectivity index (χ4n) is 2.09. The van der Waals surface area contributed by atoms with Gasteiger partial charge in [0.15, 0.2) is 6.04 Å². The SMILES string of the molecule is CC(C)c1cc(C(=O)N[C@H](c2cccnc2)C(F)(F)F)n(C)n1. The van der Waals surface area contributed by atoms with Crippen LogP contribution in [0.4, 0.5) is 13.2 Å². The summed E-state index contributed by atoms with van der Waals surface area (Å²) in [5.74, 6) is -0.766. The molecular formula is C15H17F3N4O. The Morgan fingerprint density at radius 3 is 2.52 bits per heavy atom. The molecule has 0 aliphatic rings. The third kappa shape index (κ3) is 3.88. The number of aryl methyl sites for hydroxylation is 1. The van der Waals surface area contributed by atoms with Gasteiger partial charge in [0, 0.05) is 25.0 Å². The summed E-state index contributed by atoms with van der Waals surface area (Å²) in [5.41, 5.74) is 0.592. The van der Waals surface area contributed by atoms with Crippen LogP contribution in [0.25, 0.3) is 0 Å². The zero-order valence-electron chi connectivity index (χ0n) is 12.9. The van der Waals surface area contributed by atoms with Crippen LogP contribution in [0.15, 0.2) is 30.6 Å². The Kier molecular flexibility index (Phi) is 4.72. The highest BCUT2D eigenvalue weighted by Gasteiger charge is 2.42. The van der Waals surface area contributed by atoms with Crippen LogP contribution in [0.5, 0.6) is 0 Å². The van der Waals surface area contributed by atoms with E-state index in [2.05, 4.69) is 10.1 Å². The lowest BCUT2D eigenvalue weighted by Gasteiger charge is -2.21. The number of carbonyl (C=O) groups is 1. The lowest BCUT2D eigenvalue weighted by Crippen LogP contribution is -2.38. The van der Waals surface area contributed by atoms with Crippen LogP contribution in [0, 0.1) is 0 Å². The van der Waals surface area contributed by atoms with Crippen LogP contribution >= 0.6 is 0 Å². The van der Waals surface area contributed by atoms with Gasteiger partial charge in [-0.1, -0.05) is 19.9 Å². The molecular weight excluding hydrogens is 309 g/mol. The van der Waals surface area contributed by atoms with E-state index in [0.717, 1.165) is 6.20 Å². The number of aromatic nitrogens is 3. The minimum absolute atomic E-state index is 0.0690. The standard InChI is InChI=1S/C15H17F3N4O/c1-9(2)11-7-12(22(3)21-11)14(23)20-13(15(16,17)18)10-5-4-6-19-8-10/h4-9,13H,1-3H3,(H,20,23)/t13-/m1/s1. The second-order valence-corrected chi connectivity index (χ2v) is 5.47. The number of carbonyl (C=O) groups excluding carboxylic acids is 1. The van der Waals surface area contributed by atoms with Gasteiger partial charge < -0.3 is 5.32 Å². The van der Waals surface area contributed by atoms with Gasteiger partial charge in [-0.25, -0.2) is 0 Å². The molecule has 2 aromatic heterocycles. The number of nitrogens with zero attached hydrogens (tertiary/aromatic N) is 3. The Hall–Kier alpha value is -2.38. The van der Waals surface area contributed by atoms with E-state index < -0.39 is 18.1 Å². The molecule has 0 unspecified atom stereocenters. The van der Waals surface area contributed by atoms with E-state index in [-0.39, 0.29) is 17.2 Å². The van der Waals surface area contributed by atoms with Crippen molar-refractivity contribution >= 4 is 5.91 Å². The molecule has 0 aliphatic heterocycles. The first-order valence-corrected chi connectivity index (χ1v) is 7.01. The minimum atomic E-state index is -4.63. The Balaban J connectivity index is 2.28. The molecule has 1 amide bonds. The topological polar surface area (TPSA) is 59.8 Å². The molecule has 23 heavy (non-hydrogen) atoms. The van der Waals surface area contributed by atoms with Crippen LogP contribution in [0.2, 0.25) is 0 Å². The zero-order chi connectivity index (χ0) is 17.2. The number of alkyl halides is 3. The maximum atomic E-state index is 13.3. The highest BCUT2D eigenvalue weighted by molar-refractivity contribution is 5.93. The quantitative estimate of drug-likeness (QED) is 0.940. The normalized spacial score (nSPS) is 13.2. The summed E-state index contributed by atoms with van der Waals surface area (Å²) < 4.78 is 41.0. The third-order valence-electron chi connectivity index (χ3n) is 3.34. The minimum Gasteiger partial charge on any atom is -0.335 e. The van der Waals surface area contributed by atoms with Crippen LogP contribution in [-0.4, -0.2) is 26.8 Å². The van der Waals surface area contributed by atoms with Crippen molar-refractivity contribution in [3.8, 4) is 0 Å². The molecule has 2 heterocycles. The van der Waals surface area contributed by atoms with Gasteiger partial charge in [0.2, 0.25) is 0 Å². The average molecular weight is 326 g/mol. The van der Waals surface area contributed by atoms with Gasteiger partial charge in [-0.2, -0.15) is 18.3 Å². The van der Waals surface area contributed by atoms with E-state index in [9.17, 15) is 18.0 Å². The summed E-state index contributed by atoms with van der Waals surface area (Å²) in [6.07, 6.45) is -2.17. The van der Waals surface area contributed by atoms with Crippen LogP contribution in [-0.2, 0) is 7.05 Å². The van der Waals surface area contributed by atoms with Gasteiger partial charge in [-0.15, -0.1) is 0 Å². The van der Waals surface area contributed by atoms with Gasteiger partial charge in [0.05, 0.1) is 5.69 Å². The monoisotopic (exact) mass is 326 g/mol. The maximum absolute atomic E-state index is 13.3. The molecule has 2 rings (SSSR count). The molecule has 5 nitrogen and oxygen atoms in total. The average Bonchev–Trinajstić information content (AvgIpc) is 2.86. The first kappa shape index (κ1) is 17.0. The number of rotatable bonds is 4. The van der Waals surface area contributed by atoms with Crippen LogP contribution in [0.3, 0.4) is 0 Å². The molecule has 0 fully saturated rings. The number of halogens is 3. The summed E-state index contributed by atoms with van der Waals surface area (Å²) in [7, 11) is 1.52. The molecule has 0 bridgehead atoms. The fraction of sp³-hybridized carbons (Fsp3) is 0.400. The summed E-state index contributed by atoms with van der Waals surface area (Å²) in [4.78, 5) is 15.9. The van der Waals surface area contributed by atoms with Gasteiger partial charge in [-0.3, -0.25) is 14.5 Å². The molecule has 0 aliphatic carbocycles. The van der Waals surface area contributed by atoms with Crippen molar-refractivity contribution in [2.45, 2.75) is 32.0 Å². The van der Waals surface area contributed by atoms with Crippen molar-refractivity contribution in [1.29, 1.82) is 0 Å². The molecule has 0 saturated carbocycles. The van der Waals surface area contributed by atoms with Crippen molar-refractivity contribution in [2.75, 3.05) is 0 Å². The van der Waals surface area contributed by atoms with Crippen LogP contribution in [0.1, 0.15) is 47.6 Å². The first-order valence-electron chi connectivity index (χ1n) is 7.01. The van der Waals surface area contributed by atoms with Gasteiger partial charge in [0.25, 0.3) is 5.91 Å². The largest absolute Gasteiger partial charge is 0.412 e. The Labute approximate surface area is 131 Å². The van der Waals surface area contributed by atoms with E-state index >= 15 is 0 Å². The number of hydrogen-bond donors (Lipinski definition) is 1. The second kappa shape index (κ2) is 6.39. The number of amides is 1. The first-order chi connectivity index (χ1) is 10.7. The van der Waals surface area contributed by atoms with E-state index in [1.165, 1.54) is 36.1 Å². The summed E-state index contributed by atoms with van der Waals surface area (Å²) in [5, 5.41) is 6.15. The van der Waals surface area contributed by atoms with Gasteiger partial charge in [-0.05, 0) is 18.1 Å². The van der Waals surface area contributed by atoms with E-state index in [1.54, 1.807) is 0 Å². The van der Waals surface area contributed by atoms with Crippen molar-refractivity contribution < 1.29 is 18.0 Å². The van der Waals surface area contributed by atoms with E-state index in [4.69, 9.17) is 0 Å². The Morgan fingerprint density at radius 1 is 1.35 bits per heavy atom. The zero-order valence-corrected chi connectivity index (χ0v) is 12.9. The molecule has 2 aromatic rings. The Morgan fingerprint density at radius 2 is 2.04 bits per heavy atom. The predicted octanol–water partition coefficient (Wildman–Crippen LogP) is 2.97. The maximum Gasteiger partial charge on any atom is 0.412 e. The smallest absolute Gasteiger partial charge is 0.335 e. The fourth-order valence-corrected chi connectivity index (χ4v) is 2.09. The summed E-state index contributed by atoms with van der Waals surface area (Å²) >= 11 is 0. The number of nitrogens with one attached hydrogen (secondary N) is 1. The predicted molar refractivity (Wildman–Crippen MR) is 77.8 cm³/mol. The summed E-state index contributed by atoms with van der Waals surface area (Å²) in [6, 6.07) is 2.03. The van der Waals surface area contributed by atoms with Crippen molar-refractivity contribution in [3.05, 3.63) is 47.5 Å². The highest BCUT2D eigenvalue weighted by Crippen LogP contribution is 2.32. The van der Waals surface area contributed by atoms with Gasteiger partial charge in [0.1, 0.15) is 5.69 Å². The van der Waals surface area contributed by atoms with E-state index in [1.807, 2.05) is 19.2 Å². The molecule has 0 spiro atoms. The van der Waals surface area contributed by atoms with Crippen molar-refractivity contribution in [1.82, 2.24) is 20.1 Å². The van der Waals surface area contributed by atoms with Crippen molar-refractivity contribution in [2.24, 2.45) is 7.05 Å². The van der Waals surface area contributed by atoms with Crippen LogP contribution < -0.4 is 5.32 Å². The molecule has 0 aromatic carbocycles. The van der Waals surface area contributed by atoms with Gasteiger partial charge >= 0.3 is 6.18 Å². The lowest BCUT2D eigenvalue weighted by molar-refractivity contribution is -0.155. The highest BCUT2D eigenvalue weighted by atomic mass is 19.4. The molecule has 0 saturated heterocycles. The second-order valence-electron chi connectivity index (χ2n) is 5.47. The van der Waals surface area contributed by atoms with Crippen molar-refractivity contribution in [3.63, 3.8) is 0 Å². The van der Waals surface area contributed by atoms with E-state index in [0.29, 0.717) is 5.69 Å². The molecule has 1 N–H and O–H groups in total. The Bertz CT molecular complexity index is 680. The third-order valence-corrected chi connectivity index (χ3v) is 3.34. The molecule has 0 radical (unpaired) electrons. The molecule has 124 valence electrons. The number of pyridine rings is 1. The lowest BCUT2D eigenvalue weighted by atomic mass is 10.1. The molecule has 8 heteroatoms. The molecule has 1 atom stereocenters. The summed E-state index contributed by atoms with van der Waals surface area (Å²) in [6.45, 7) is 3.77. The number of hydrogen-bond acceptors (Lipinski definition) is 3.